The first-order chi connectivity index (χ1) is 9.16. The van der Waals surface area contributed by atoms with E-state index in [1.807, 2.05) is 0 Å². The molecule has 0 bridgehead atoms. The van der Waals surface area contributed by atoms with Crippen molar-refractivity contribution in [3.05, 3.63) is 72.3 Å². The number of aryl methyl sites for hydroxylation is 1. The van der Waals surface area contributed by atoms with E-state index in [2.05, 4.69) is 49.4 Å². The number of phenols is 2. The monoisotopic (exact) mass is 252 g/mol. The largest absolute Gasteiger partial charge is 0.508 e. The molecule has 0 unspecified atom stereocenters. The Hall–Kier alpha value is -2.48. The van der Waals surface area contributed by atoms with Crippen LogP contribution in [0.25, 0.3) is 10.8 Å². The summed E-state index contributed by atoms with van der Waals surface area (Å²) in [5.41, 5.74) is 1.35. The van der Waals surface area contributed by atoms with Crippen molar-refractivity contribution >= 4 is 10.8 Å². The third kappa shape index (κ3) is 3.49. The molecule has 0 aromatic heterocycles. The number of benzene rings is 3. The predicted octanol–water partition coefficient (Wildman–Crippen LogP) is 4.25. The Morgan fingerprint density at radius 2 is 1.26 bits per heavy atom. The van der Waals surface area contributed by atoms with Crippen LogP contribution in [0.1, 0.15) is 5.56 Å². The lowest BCUT2D eigenvalue weighted by Crippen LogP contribution is -1.75. The molecule has 0 heterocycles. The summed E-state index contributed by atoms with van der Waals surface area (Å²) in [4.78, 5) is 0. The summed E-state index contributed by atoms with van der Waals surface area (Å²) in [6.45, 7) is 2.14. The molecule has 0 radical (unpaired) electrons. The molecule has 0 aliphatic heterocycles. The van der Waals surface area contributed by atoms with Gasteiger partial charge < -0.3 is 10.2 Å². The molecule has 2 heteroatoms. The van der Waals surface area contributed by atoms with E-state index in [1.165, 1.54) is 34.5 Å². The highest BCUT2D eigenvalue weighted by molar-refractivity contribution is 5.85. The topological polar surface area (TPSA) is 40.5 Å². The highest BCUT2D eigenvalue weighted by Crippen LogP contribution is 2.16. The van der Waals surface area contributed by atoms with Crippen molar-refractivity contribution < 1.29 is 10.2 Å². The Balaban J connectivity index is 0.000000148. The Labute approximate surface area is 112 Å². The molecule has 0 saturated carbocycles. The molecule has 3 rings (SSSR count). The minimum Gasteiger partial charge on any atom is -0.508 e. The molecule has 0 atom stereocenters. The maximum Gasteiger partial charge on any atom is 0.119 e. The summed E-state index contributed by atoms with van der Waals surface area (Å²) in [6.07, 6.45) is 0. The third-order valence-electron chi connectivity index (χ3n) is 2.84. The number of rotatable bonds is 0. The van der Waals surface area contributed by atoms with Crippen molar-refractivity contribution in [2.45, 2.75) is 6.92 Å². The van der Waals surface area contributed by atoms with Gasteiger partial charge in [0.15, 0.2) is 0 Å². The fourth-order valence-electron chi connectivity index (χ4n) is 1.88. The fraction of sp³-hybridized carbons (Fsp3) is 0.0588. The summed E-state index contributed by atoms with van der Waals surface area (Å²) < 4.78 is 0. The maximum atomic E-state index is 8.65. The van der Waals surface area contributed by atoms with E-state index < -0.39 is 0 Å². The molecule has 96 valence electrons. The van der Waals surface area contributed by atoms with E-state index in [0.29, 0.717) is 0 Å². The van der Waals surface area contributed by atoms with Crippen LogP contribution in [0.5, 0.6) is 11.5 Å². The van der Waals surface area contributed by atoms with E-state index >= 15 is 0 Å². The summed E-state index contributed by atoms with van der Waals surface area (Å²) in [6, 6.07) is 20.7. The van der Waals surface area contributed by atoms with Gasteiger partial charge in [0.05, 0.1) is 0 Å². The van der Waals surface area contributed by atoms with E-state index in [0.717, 1.165) is 0 Å². The van der Waals surface area contributed by atoms with Crippen LogP contribution < -0.4 is 0 Å². The van der Waals surface area contributed by atoms with Gasteiger partial charge in [-0.2, -0.15) is 0 Å². The summed E-state index contributed by atoms with van der Waals surface area (Å²) in [7, 11) is 0. The standard InChI is InChI=1S/C11H10.C6H6O2/c1-9-5-4-7-10-6-2-3-8-11(9)10;7-5-2-1-3-6(8)4-5/h2-8H,1H3;1-4,7-8H. The average molecular weight is 252 g/mol. The van der Waals surface area contributed by atoms with Crippen molar-refractivity contribution in [3.8, 4) is 11.5 Å². The van der Waals surface area contributed by atoms with E-state index in [-0.39, 0.29) is 11.5 Å². The highest BCUT2D eigenvalue weighted by Gasteiger charge is 1.92. The zero-order chi connectivity index (χ0) is 13.7. The van der Waals surface area contributed by atoms with Crippen molar-refractivity contribution in [2.75, 3.05) is 0 Å². The molecule has 2 nitrogen and oxygen atoms in total. The normalized spacial score (nSPS) is 9.74. The van der Waals surface area contributed by atoms with E-state index in [4.69, 9.17) is 10.2 Å². The van der Waals surface area contributed by atoms with E-state index in [9.17, 15) is 0 Å². The number of fused-ring (bicyclic) bond motifs is 1. The van der Waals surface area contributed by atoms with Crippen LogP contribution >= 0.6 is 0 Å². The maximum absolute atomic E-state index is 8.65. The van der Waals surface area contributed by atoms with Crippen LogP contribution in [-0.2, 0) is 0 Å². The zero-order valence-electron chi connectivity index (χ0n) is 10.7. The van der Waals surface area contributed by atoms with E-state index in [1.54, 1.807) is 6.07 Å². The van der Waals surface area contributed by atoms with Crippen molar-refractivity contribution in [1.29, 1.82) is 0 Å². The smallest absolute Gasteiger partial charge is 0.119 e. The van der Waals surface area contributed by atoms with Crippen LogP contribution in [0.2, 0.25) is 0 Å². The van der Waals surface area contributed by atoms with Gasteiger partial charge in [-0.25, -0.2) is 0 Å². The van der Waals surface area contributed by atoms with Gasteiger partial charge in [0.2, 0.25) is 0 Å². The van der Waals surface area contributed by atoms with Gasteiger partial charge in [-0.05, 0) is 35.4 Å². The summed E-state index contributed by atoms with van der Waals surface area (Å²) in [5, 5.41) is 20.0. The zero-order valence-corrected chi connectivity index (χ0v) is 10.7. The molecule has 0 fully saturated rings. The fourth-order valence-corrected chi connectivity index (χ4v) is 1.88. The van der Waals surface area contributed by atoms with Gasteiger partial charge in [-0.3, -0.25) is 0 Å². The van der Waals surface area contributed by atoms with Crippen LogP contribution in [-0.4, -0.2) is 10.2 Å². The van der Waals surface area contributed by atoms with Crippen LogP contribution in [0, 0.1) is 6.92 Å². The molecule has 2 N–H and O–H groups in total. The first-order valence-electron chi connectivity index (χ1n) is 6.09. The second-order valence-electron chi connectivity index (χ2n) is 4.32. The Morgan fingerprint density at radius 1 is 0.684 bits per heavy atom. The number of hydrogen-bond acceptors (Lipinski definition) is 2. The quantitative estimate of drug-likeness (QED) is 0.628. The van der Waals surface area contributed by atoms with Crippen molar-refractivity contribution in [3.63, 3.8) is 0 Å². The lowest BCUT2D eigenvalue weighted by Gasteiger charge is -1.98. The van der Waals surface area contributed by atoms with Crippen LogP contribution in [0.15, 0.2) is 66.7 Å². The molecule has 19 heavy (non-hydrogen) atoms. The minimum absolute atomic E-state index is 0.0880. The molecule has 3 aromatic rings. The lowest BCUT2D eigenvalue weighted by molar-refractivity contribution is 0.450. The Morgan fingerprint density at radius 3 is 1.84 bits per heavy atom. The number of aromatic hydroxyl groups is 2. The van der Waals surface area contributed by atoms with Crippen molar-refractivity contribution in [2.24, 2.45) is 0 Å². The SMILES string of the molecule is Cc1cccc2ccccc12.Oc1cccc(O)c1. The second kappa shape index (κ2) is 5.91. The predicted molar refractivity (Wildman–Crippen MR) is 78.5 cm³/mol. The van der Waals surface area contributed by atoms with Crippen molar-refractivity contribution in [1.82, 2.24) is 0 Å². The number of hydrogen-bond donors (Lipinski definition) is 2. The van der Waals surface area contributed by atoms with Gasteiger partial charge in [0.25, 0.3) is 0 Å². The van der Waals surface area contributed by atoms with Gasteiger partial charge in [-0.1, -0.05) is 48.5 Å². The van der Waals surface area contributed by atoms with Gasteiger partial charge in [0, 0.05) is 6.07 Å². The van der Waals surface area contributed by atoms with Gasteiger partial charge >= 0.3 is 0 Å². The Bertz CT molecular complexity index is 652. The third-order valence-corrected chi connectivity index (χ3v) is 2.84. The van der Waals surface area contributed by atoms with Gasteiger partial charge in [-0.15, -0.1) is 0 Å². The summed E-state index contributed by atoms with van der Waals surface area (Å²) >= 11 is 0. The second-order valence-corrected chi connectivity index (χ2v) is 4.32. The molecule has 0 amide bonds. The lowest BCUT2D eigenvalue weighted by atomic mass is 10.1. The molecule has 0 saturated heterocycles. The number of phenolic OH excluding ortho intramolecular Hbond substituents is 2. The van der Waals surface area contributed by atoms with Gasteiger partial charge in [0.1, 0.15) is 11.5 Å². The first-order valence-corrected chi connectivity index (χ1v) is 6.09. The minimum atomic E-state index is 0.0880. The average Bonchev–Trinajstić information content (AvgIpc) is 2.40. The molecule has 3 aromatic carbocycles. The molecular weight excluding hydrogens is 236 g/mol. The molecule has 0 aliphatic carbocycles. The molecule has 0 spiro atoms. The highest BCUT2D eigenvalue weighted by atomic mass is 16.3. The van der Waals surface area contributed by atoms with Crippen LogP contribution in [0.3, 0.4) is 0 Å². The Kier molecular flexibility index (Phi) is 4.04. The van der Waals surface area contributed by atoms with Crippen LogP contribution in [0.4, 0.5) is 0 Å². The first kappa shape index (κ1) is 13.0. The summed E-state index contributed by atoms with van der Waals surface area (Å²) in [5.74, 6) is 0.176. The molecule has 0 aliphatic rings. The molecular formula is C17H16O2.